The lowest BCUT2D eigenvalue weighted by Gasteiger charge is -2.06. The number of hydrogen-bond donors (Lipinski definition) is 1. The molecule has 0 fully saturated rings. The number of hydrogen-bond acceptors (Lipinski definition) is 3. The molecular weight excluding hydrogens is 288 g/mol. The van der Waals surface area contributed by atoms with Gasteiger partial charge in [0.05, 0.1) is 11.6 Å². The van der Waals surface area contributed by atoms with E-state index in [0.29, 0.717) is 5.82 Å². The third-order valence-electron chi connectivity index (χ3n) is 2.83. The van der Waals surface area contributed by atoms with Crippen molar-refractivity contribution in [3.05, 3.63) is 60.1 Å². The second-order valence-electron chi connectivity index (χ2n) is 4.25. The molecule has 1 N–H and O–H groups in total. The quantitative estimate of drug-likeness (QED) is 0.522. The number of carbonyl (C=O) groups excluding carboxylic acids is 1. The number of aromatic nitrogens is 2. The summed E-state index contributed by atoms with van der Waals surface area (Å²) in [5.41, 5.74) is 0.699. The number of Topliss-reactive ketones (excluding diaryl/α,β-unsaturated/α-hetero) is 1. The molecular formula is C16H15ClN2O2. The summed E-state index contributed by atoms with van der Waals surface area (Å²) in [5.74, 6) is -0.376. The van der Waals surface area contributed by atoms with E-state index in [1.54, 1.807) is 12.2 Å². The van der Waals surface area contributed by atoms with Crippen molar-refractivity contribution in [2.75, 3.05) is 5.88 Å². The topological polar surface area (TPSA) is 55.1 Å². The Labute approximate surface area is 128 Å². The summed E-state index contributed by atoms with van der Waals surface area (Å²) in [7, 11) is 0. The van der Waals surface area contributed by atoms with E-state index in [1.807, 2.05) is 49.4 Å². The van der Waals surface area contributed by atoms with Crippen molar-refractivity contribution in [1.29, 1.82) is 0 Å². The van der Waals surface area contributed by atoms with Gasteiger partial charge in [-0.1, -0.05) is 36.4 Å². The van der Waals surface area contributed by atoms with Crippen LogP contribution in [0.5, 0.6) is 5.88 Å². The second-order valence-corrected chi connectivity index (χ2v) is 4.52. The van der Waals surface area contributed by atoms with Crippen LogP contribution in [0.1, 0.15) is 23.2 Å². The summed E-state index contributed by atoms with van der Waals surface area (Å²) in [6.07, 6.45) is 7.22. The van der Waals surface area contributed by atoms with Gasteiger partial charge < -0.3 is 5.11 Å². The fraction of sp³-hybridized carbons (Fsp3) is 0.125. The summed E-state index contributed by atoms with van der Waals surface area (Å²) in [6.45, 7) is 1.90. The van der Waals surface area contributed by atoms with Crippen LogP contribution in [0.3, 0.4) is 0 Å². The molecule has 0 unspecified atom stereocenters. The lowest BCUT2D eigenvalue weighted by molar-refractivity contribution is 0.101. The molecule has 0 saturated heterocycles. The molecule has 0 amide bonds. The minimum absolute atomic E-state index is 0.0195. The van der Waals surface area contributed by atoms with E-state index < -0.39 is 5.78 Å². The van der Waals surface area contributed by atoms with Gasteiger partial charge in [-0.3, -0.25) is 9.36 Å². The first-order valence-electron chi connectivity index (χ1n) is 6.44. The minimum atomic E-state index is -0.412. The van der Waals surface area contributed by atoms with Gasteiger partial charge in [0.2, 0.25) is 11.7 Å². The fourth-order valence-corrected chi connectivity index (χ4v) is 2.00. The Morgan fingerprint density at radius 1 is 1.33 bits per heavy atom. The van der Waals surface area contributed by atoms with Crippen LogP contribution >= 0.6 is 11.6 Å². The van der Waals surface area contributed by atoms with E-state index in [0.717, 1.165) is 5.69 Å². The molecule has 4 nitrogen and oxygen atoms in total. The number of rotatable bonds is 5. The lowest BCUT2D eigenvalue weighted by Crippen LogP contribution is -2.01. The maximum Gasteiger partial charge on any atom is 0.227 e. The first-order valence-corrected chi connectivity index (χ1v) is 6.98. The van der Waals surface area contributed by atoms with E-state index >= 15 is 0 Å². The van der Waals surface area contributed by atoms with E-state index in [-0.39, 0.29) is 17.5 Å². The van der Waals surface area contributed by atoms with Crippen molar-refractivity contribution >= 4 is 23.5 Å². The van der Waals surface area contributed by atoms with Gasteiger partial charge in [0.1, 0.15) is 5.82 Å². The Morgan fingerprint density at radius 2 is 2.05 bits per heavy atom. The van der Waals surface area contributed by atoms with Crippen molar-refractivity contribution in [2.24, 2.45) is 0 Å². The fourth-order valence-electron chi connectivity index (χ4n) is 1.88. The molecule has 0 aliphatic carbocycles. The number of carbonyl (C=O) groups is 1. The van der Waals surface area contributed by atoms with Gasteiger partial charge in [0.15, 0.2) is 5.69 Å². The Balaban J connectivity index is 2.60. The molecule has 0 aliphatic heterocycles. The Hall–Kier alpha value is -2.33. The highest BCUT2D eigenvalue weighted by Crippen LogP contribution is 2.26. The van der Waals surface area contributed by atoms with Gasteiger partial charge >= 0.3 is 0 Å². The normalized spacial score (nSPS) is 11.5. The van der Waals surface area contributed by atoms with E-state index in [1.165, 1.54) is 4.57 Å². The zero-order valence-corrected chi connectivity index (χ0v) is 12.3. The summed E-state index contributed by atoms with van der Waals surface area (Å²) in [6, 6.07) is 9.21. The molecule has 0 aliphatic rings. The van der Waals surface area contributed by atoms with Crippen molar-refractivity contribution in [3.8, 4) is 11.6 Å². The first-order chi connectivity index (χ1) is 10.2. The van der Waals surface area contributed by atoms with Crippen molar-refractivity contribution in [2.45, 2.75) is 6.92 Å². The first kappa shape index (κ1) is 15.1. The number of para-hydroxylation sites is 1. The molecule has 0 radical (unpaired) electrons. The van der Waals surface area contributed by atoms with Gasteiger partial charge in [0, 0.05) is 0 Å². The third kappa shape index (κ3) is 3.23. The Kier molecular flexibility index (Phi) is 4.95. The molecule has 1 aromatic heterocycles. The number of benzene rings is 1. The van der Waals surface area contributed by atoms with Crippen LogP contribution in [0, 0.1) is 0 Å². The van der Waals surface area contributed by atoms with Gasteiger partial charge in [-0.25, -0.2) is 4.98 Å². The predicted octanol–water partition coefficient (Wildman–Crippen LogP) is 3.59. The van der Waals surface area contributed by atoms with Crippen LogP contribution in [0.15, 0.2) is 48.6 Å². The highest BCUT2D eigenvalue weighted by Gasteiger charge is 2.21. The smallest absolute Gasteiger partial charge is 0.227 e. The van der Waals surface area contributed by atoms with Gasteiger partial charge in [-0.2, -0.15) is 0 Å². The Bertz CT molecular complexity index is 688. The maximum atomic E-state index is 11.8. The van der Waals surface area contributed by atoms with Crippen LogP contribution in [0.4, 0.5) is 0 Å². The highest BCUT2D eigenvalue weighted by molar-refractivity contribution is 6.30. The predicted molar refractivity (Wildman–Crippen MR) is 84.1 cm³/mol. The summed E-state index contributed by atoms with van der Waals surface area (Å²) >= 11 is 5.55. The average Bonchev–Trinajstić information content (AvgIpc) is 2.84. The van der Waals surface area contributed by atoms with Crippen LogP contribution < -0.4 is 0 Å². The number of nitrogens with zero attached hydrogens (tertiary/aromatic N) is 2. The number of imidazole rings is 1. The largest absolute Gasteiger partial charge is 0.493 e. The molecule has 21 heavy (non-hydrogen) atoms. The molecule has 2 aromatic rings. The van der Waals surface area contributed by atoms with E-state index in [4.69, 9.17) is 11.6 Å². The second kappa shape index (κ2) is 6.90. The highest BCUT2D eigenvalue weighted by atomic mass is 35.5. The van der Waals surface area contributed by atoms with E-state index in [9.17, 15) is 9.90 Å². The molecule has 0 saturated carbocycles. The van der Waals surface area contributed by atoms with Crippen LogP contribution in [-0.4, -0.2) is 26.3 Å². The minimum Gasteiger partial charge on any atom is -0.493 e. The van der Waals surface area contributed by atoms with Gasteiger partial charge in [0.25, 0.3) is 0 Å². The van der Waals surface area contributed by atoms with Crippen LogP contribution in [0.2, 0.25) is 0 Å². The van der Waals surface area contributed by atoms with Crippen LogP contribution in [0.25, 0.3) is 11.8 Å². The average molecular weight is 303 g/mol. The van der Waals surface area contributed by atoms with Crippen molar-refractivity contribution in [1.82, 2.24) is 9.55 Å². The molecule has 5 heteroatoms. The zero-order valence-electron chi connectivity index (χ0n) is 11.5. The van der Waals surface area contributed by atoms with Crippen molar-refractivity contribution in [3.63, 3.8) is 0 Å². The number of alkyl halides is 1. The summed E-state index contributed by atoms with van der Waals surface area (Å²) in [5, 5.41) is 10.3. The number of aromatic hydroxyl groups is 1. The number of halogens is 1. The zero-order chi connectivity index (χ0) is 15.2. The number of ketones is 1. The number of allylic oxidation sites excluding steroid dienone is 3. The molecule has 2 rings (SSSR count). The van der Waals surface area contributed by atoms with Gasteiger partial charge in [-0.15, -0.1) is 11.6 Å². The summed E-state index contributed by atoms with van der Waals surface area (Å²) < 4.78 is 1.51. The molecule has 0 atom stereocenters. The summed E-state index contributed by atoms with van der Waals surface area (Å²) in [4.78, 5) is 15.9. The SMILES string of the molecule is C/C=C\C=C/c1nc(C(=O)CCl)c(O)n1-c1ccccc1. The van der Waals surface area contributed by atoms with Crippen LogP contribution in [-0.2, 0) is 0 Å². The third-order valence-corrected chi connectivity index (χ3v) is 3.07. The molecule has 1 heterocycles. The van der Waals surface area contributed by atoms with Gasteiger partial charge in [-0.05, 0) is 25.1 Å². The molecule has 0 spiro atoms. The monoisotopic (exact) mass is 302 g/mol. The molecule has 1 aromatic carbocycles. The molecule has 0 bridgehead atoms. The standard InChI is InChI=1S/C16H15ClN2O2/c1-2-3-5-10-14-18-15(13(20)11-17)16(21)19(14)12-8-6-4-7-9-12/h2-10,21H,11H2,1H3/b3-2-,10-5-. The maximum absolute atomic E-state index is 11.8. The lowest BCUT2D eigenvalue weighted by atomic mass is 10.3. The van der Waals surface area contributed by atoms with Crippen molar-refractivity contribution < 1.29 is 9.90 Å². The Morgan fingerprint density at radius 3 is 2.67 bits per heavy atom. The molecule has 108 valence electrons. The van der Waals surface area contributed by atoms with E-state index in [2.05, 4.69) is 4.98 Å².